The molecule has 0 heterocycles. The van der Waals surface area contributed by atoms with Gasteiger partial charge in [0.1, 0.15) is 10.7 Å². The van der Waals surface area contributed by atoms with Crippen molar-refractivity contribution in [2.24, 2.45) is 0 Å². The van der Waals surface area contributed by atoms with E-state index in [0.717, 1.165) is 16.4 Å². The maximum atomic E-state index is 14.3. The number of benzene rings is 2. The number of carbonyl (C=O) groups is 1. The van der Waals surface area contributed by atoms with Crippen LogP contribution in [0.5, 0.6) is 0 Å². The molecule has 0 saturated carbocycles. The van der Waals surface area contributed by atoms with Gasteiger partial charge in [-0.2, -0.15) is 4.31 Å². The quantitative estimate of drug-likeness (QED) is 0.493. The van der Waals surface area contributed by atoms with E-state index < -0.39 is 49.8 Å². The number of sulfonamides is 1. The molecule has 0 fully saturated rings. The molecule has 1 amide bonds. The van der Waals surface area contributed by atoms with E-state index in [1.807, 2.05) is 0 Å². The maximum Gasteiger partial charge on any atom is 0.256 e. The summed E-state index contributed by atoms with van der Waals surface area (Å²) in [5, 5.41) is 2.12. The molecule has 0 aliphatic heterocycles. The van der Waals surface area contributed by atoms with Crippen molar-refractivity contribution in [3.63, 3.8) is 0 Å². The first kappa shape index (κ1) is 22.3. The zero-order valence-corrected chi connectivity index (χ0v) is 17.1. The third-order valence-corrected chi connectivity index (χ3v) is 6.55. The number of anilines is 1. The highest BCUT2D eigenvalue weighted by Crippen LogP contribution is 2.28. The molecule has 2 aromatic carbocycles. The highest BCUT2D eigenvalue weighted by Gasteiger charge is 2.28. The molecule has 0 saturated heterocycles. The standard InChI is InChI=1S/C17H15BrF4N2O3S/c1-3-24(4-2)28(26,27)15-7-10(11(18)8-12(15)19)17(25)23-9-5-13(20)16(22)14(21)6-9/h5-8H,3-4H2,1-2H3,(H,23,25). The smallest absolute Gasteiger partial charge is 0.256 e. The summed E-state index contributed by atoms with van der Waals surface area (Å²) in [7, 11) is -4.21. The summed E-state index contributed by atoms with van der Waals surface area (Å²) in [5.41, 5.74) is -0.692. The van der Waals surface area contributed by atoms with Gasteiger partial charge in [0.25, 0.3) is 5.91 Å². The lowest BCUT2D eigenvalue weighted by atomic mass is 10.2. The number of carbonyl (C=O) groups excluding carboxylic acids is 1. The van der Waals surface area contributed by atoms with Gasteiger partial charge in [0.2, 0.25) is 10.0 Å². The van der Waals surface area contributed by atoms with Crippen LogP contribution in [0.15, 0.2) is 33.6 Å². The first-order valence-electron chi connectivity index (χ1n) is 7.98. The number of hydrogen-bond donors (Lipinski definition) is 1. The van der Waals surface area contributed by atoms with Crippen LogP contribution in [0.25, 0.3) is 0 Å². The fraction of sp³-hybridized carbons (Fsp3) is 0.235. The Morgan fingerprint density at radius 1 is 1.00 bits per heavy atom. The molecule has 5 nitrogen and oxygen atoms in total. The molecule has 2 aromatic rings. The van der Waals surface area contributed by atoms with Crippen molar-refractivity contribution in [2.75, 3.05) is 18.4 Å². The molecule has 11 heteroatoms. The molecule has 0 aliphatic carbocycles. The molecule has 0 unspecified atom stereocenters. The Morgan fingerprint density at radius 2 is 1.54 bits per heavy atom. The summed E-state index contributed by atoms with van der Waals surface area (Å²) >= 11 is 2.96. The van der Waals surface area contributed by atoms with Gasteiger partial charge in [-0.25, -0.2) is 26.0 Å². The molecular weight excluding hydrogens is 468 g/mol. The van der Waals surface area contributed by atoms with E-state index in [0.29, 0.717) is 12.1 Å². The van der Waals surface area contributed by atoms with Gasteiger partial charge in [-0.3, -0.25) is 4.79 Å². The first-order chi connectivity index (χ1) is 13.0. The molecule has 0 spiro atoms. The van der Waals surface area contributed by atoms with Crippen LogP contribution in [0.1, 0.15) is 24.2 Å². The van der Waals surface area contributed by atoms with Gasteiger partial charge in [0, 0.05) is 35.4 Å². The summed E-state index contributed by atoms with van der Waals surface area (Å²) in [6.45, 7) is 3.32. The predicted octanol–water partition coefficient (Wildman–Crippen LogP) is 4.29. The van der Waals surface area contributed by atoms with E-state index in [4.69, 9.17) is 0 Å². The molecule has 0 radical (unpaired) electrons. The molecule has 28 heavy (non-hydrogen) atoms. The lowest BCUT2D eigenvalue weighted by Crippen LogP contribution is -2.31. The molecule has 2 rings (SSSR count). The van der Waals surface area contributed by atoms with Crippen molar-refractivity contribution in [3.8, 4) is 0 Å². The van der Waals surface area contributed by atoms with Crippen molar-refractivity contribution in [2.45, 2.75) is 18.7 Å². The highest BCUT2D eigenvalue weighted by atomic mass is 79.9. The molecular formula is C17H15BrF4N2O3S. The number of halogens is 5. The highest BCUT2D eigenvalue weighted by molar-refractivity contribution is 9.10. The average Bonchev–Trinajstić information content (AvgIpc) is 2.60. The van der Waals surface area contributed by atoms with E-state index in [2.05, 4.69) is 21.2 Å². The minimum Gasteiger partial charge on any atom is -0.322 e. The molecule has 0 aliphatic rings. The number of nitrogens with zero attached hydrogens (tertiary/aromatic N) is 1. The number of amides is 1. The van der Waals surface area contributed by atoms with Crippen LogP contribution in [0.3, 0.4) is 0 Å². The fourth-order valence-corrected chi connectivity index (χ4v) is 4.46. The molecule has 0 atom stereocenters. The van der Waals surface area contributed by atoms with Crippen molar-refractivity contribution < 1.29 is 30.8 Å². The van der Waals surface area contributed by atoms with E-state index in [-0.39, 0.29) is 23.1 Å². The number of hydrogen-bond acceptors (Lipinski definition) is 3. The second-order valence-corrected chi connectivity index (χ2v) is 8.32. The number of nitrogens with one attached hydrogen (secondary N) is 1. The van der Waals surface area contributed by atoms with Crippen molar-refractivity contribution in [1.82, 2.24) is 4.31 Å². The zero-order valence-electron chi connectivity index (χ0n) is 14.7. The Hall–Kier alpha value is -1.98. The summed E-state index contributed by atoms with van der Waals surface area (Å²) in [5.74, 6) is -6.78. The van der Waals surface area contributed by atoms with Crippen LogP contribution < -0.4 is 5.32 Å². The van der Waals surface area contributed by atoms with E-state index in [1.54, 1.807) is 13.8 Å². The van der Waals surface area contributed by atoms with E-state index in [1.165, 1.54) is 0 Å². The van der Waals surface area contributed by atoms with E-state index in [9.17, 15) is 30.8 Å². The van der Waals surface area contributed by atoms with Gasteiger partial charge in [-0.15, -0.1) is 0 Å². The van der Waals surface area contributed by atoms with Gasteiger partial charge in [-0.05, 0) is 28.1 Å². The summed E-state index contributed by atoms with van der Waals surface area (Å²) < 4.78 is 80.0. The summed E-state index contributed by atoms with van der Waals surface area (Å²) in [4.78, 5) is 11.7. The van der Waals surface area contributed by atoms with Crippen molar-refractivity contribution in [1.29, 1.82) is 0 Å². The SMILES string of the molecule is CCN(CC)S(=O)(=O)c1cc(C(=O)Nc2cc(F)c(F)c(F)c2)c(Br)cc1F. The van der Waals surface area contributed by atoms with Crippen molar-refractivity contribution in [3.05, 3.63) is 57.6 Å². The third-order valence-electron chi connectivity index (χ3n) is 3.83. The minimum atomic E-state index is -4.21. The van der Waals surface area contributed by atoms with Gasteiger partial charge < -0.3 is 5.32 Å². The Morgan fingerprint density at radius 3 is 2.04 bits per heavy atom. The Balaban J connectivity index is 2.48. The van der Waals surface area contributed by atoms with Gasteiger partial charge in [0.05, 0.1) is 5.56 Å². The molecule has 1 N–H and O–H groups in total. The Labute approximate surface area is 167 Å². The average molecular weight is 483 g/mol. The topological polar surface area (TPSA) is 66.5 Å². The Bertz CT molecular complexity index is 1000. The van der Waals surface area contributed by atoms with Crippen LogP contribution in [0, 0.1) is 23.3 Å². The maximum absolute atomic E-state index is 14.3. The normalized spacial score (nSPS) is 11.7. The van der Waals surface area contributed by atoms with Crippen LogP contribution in [-0.4, -0.2) is 31.7 Å². The lowest BCUT2D eigenvalue weighted by molar-refractivity contribution is 0.102. The van der Waals surface area contributed by atoms with E-state index >= 15 is 0 Å². The second kappa shape index (κ2) is 8.58. The van der Waals surface area contributed by atoms with Crippen LogP contribution in [0.2, 0.25) is 0 Å². The fourth-order valence-electron chi connectivity index (χ4n) is 2.43. The van der Waals surface area contributed by atoms with Crippen LogP contribution in [0.4, 0.5) is 23.2 Å². The molecule has 152 valence electrons. The van der Waals surface area contributed by atoms with Gasteiger partial charge in [0.15, 0.2) is 17.5 Å². The summed E-state index contributed by atoms with van der Waals surface area (Å²) in [6, 6.07) is 2.73. The van der Waals surface area contributed by atoms with Gasteiger partial charge >= 0.3 is 0 Å². The Kier molecular flexibility index (Phi) is 6.84. The molecule has 0 aromatic heterocycles. The van der Waals surface area contributed by atoms with Crippen LogP contribution >= 0.6 is 15.9 Å². The number of rotatable bonds is 6. The predicted molar refractivity (Wildman–Crippen MR) is 98.5 cm³/mol. The largest absolute Gasteiger partial charge is 0.322 e. The zero-order chi connectivity index (χ0) is 21.2. The lowest BCUT2D eigenvalue weighted by Gasteiger charge is -2.19. The van der Waals surface area contributed by atoms with Crippen molar-refractivity contribution >= 4 is 37.5 Å². The summed E-state index contributed by atoms with van der Waals surface area (Å²) in [6.07, 6.45) is 0. The minimum absolute atomic E-state index is 0.0796. The molecule has 0 bridgehead atoms. The van der Waals surface area contributed by atoms with Crippen LogP contribution in [-0.2, 0) is 10.0 Å². The monoisotopic (exact) mass is 482 g/mol. The third kappa shape index (κ3) is 4.36. The second-order valence-electron chi connectivity index (χ2n) is 5.56. The first-order valence-corrected chi connectivity index (χ1v) is 10.2. The van der Waals surface area contributed by atoms with Gasteiger partial charge in [-0.1, -0.05) is 13.8 Å².